The molecule has 2 aromatic rings. The van der Waals surface area contributed by atoms with Gasteiger partial charge in [-0.1, -0.05) is 0 Å². The van der Waals surface area contributed by atoms with Crippen LogP contribution in [0.1, 0.15) is 20.8 Å². The predicted molar refractivity (Wildman–Crippen MR) is 79.6 cm³/mol. The Hall–Kier alpha value is -2.03. The maximum absolute atomic E-state index is 5.63. The number of nitrogens with zero attached hydrogens (tertiary/aromatic N) is 1. The Morgan fingerprint density at radius 3 is 2.53 bits per heavy atom. The Morgan fingerprint density at radius 2 is 1.89 bits per heavy atom. The first-order valence-electron chi connectivity index (χ1n) is 6.66. The molecule has 0 aliphatic carbocycles. The molecule has 0 saturated heterocycles. The van der Waals surface area contributed by atoms with Gasteiger partial charge in [0.1, 0.15) is 5.75 Å². The van der Waals surface area contributed by atoms with Crippen LogP contribution in [0.5, 0.6) is 5.75 Å². The van der Waals surface area contributed by atoms with Gasteiger partial charge in [0, 0.05) is 24.0 Å². The highest BCUT2D eigenvalue weighted by molar-refractivity contribution is 5.64. The SMILES string of the molecule is CCNc1ccnc(-c2ccc(OC(C)C)cc2)c1. The van der Waals surface area contributed by atoms with E-state index in [0.717, 1.165) is 29.2 Å². The number of ether oxygens (including phenoxy) is 1. The fraction of sp³-hybridized carbons (Fsp3) is 0.312. The van der Waals surface area contributed by atoms with Crippen LogP contribution in [0.2, 0.25) is 0 Å². The summed E-state index contributed by atoms with van der Waals surface area (Å²) >= 11 is 0. The average molecular weight is 256 g/mol. The van der Waals surface area contributed by atoms with E-state index in [1.165, 1.54) is 0 Å². The Balaban J connectivity index is 2.19. The lowest BCUT2D eigenvalue weighted by Crippen LogP contribution is -2.05. The monoisotopic (exact) mass is 256 g/mol. The maximum atomic E-state index is 5.63. The molecule has 0 aliphatic rings. The molecule has 1 aromatic heterocycles. The van der Waals surface area contributed by atoms with E-state index in [2.05, 4.69) is 23.3 Å². The third kappa shape index (κ3) is 3.71. The van der Waals surface area contributed by atoms with Crippen LogP contribution in [0.4, 0.5) is 5.69 Å². The first-order chi connectivity index (χ1) is 9.19. The Kier molecular flexibility index (Phi) is 4.39. The van der Waals surface area contributed by atoms with Gasteiger partial charge in [0.05, 0.1) is 11.8 Å². The van der Waals surface area contributed by atoms with E-state index in [1.54, 1.807) is 0 Å². The molecule has 0 spiro atoms. The number of hydrogen-bond donors (Lipinski definition) is 1. The normalized spacial score (nSPS) is 10.5. The first-order valence-corrected chi connectivity index (χ1v) is 6.66. The van der Waals surface area contributed by atoms with Crippen LogP contribution in [-0.2, 0) is 0 Å². The van der Waals surface area contributed by atoms with E-state index in [-0.39, 0.29) is 6.10 Å². The third-order valence-corrected chi connectivity index (χ3v) is 2.66. The number of anilines is 1. The number of hydrogen-bond acceptors (Lipinski definition) is 3. The van der Waals surface area contributed by atoms with Gasteiger partial charge in [0.15, 0.2) is 0 Å². The van der Waals surface area contributed by atoms with Gasteiger partial charge in [-0.3, -0.25) is 4.98 Å². The third-order valence-electron chi connectivity index (χ3n) is 2.66. The molecule has 0 radical (unpaired) electrons. The molecule has 0 aliphatic heterocycles. The molecular formula is C16H20N2O. The van der Waals surface area contributed by atoms with E-state index in [1.807, 2.05) is 50.4 Å². The fourth-order valence-corrected chi connectivity index (χ4v) is 1.88. The van der Waals surface area contributed by atoms with Crippen LogP contribution < -0.4 is 10.1 Å². The van der Waals surface area contributed by atoms with Crippen molar-refractivity contribution in [3.63, 3.8) is 0 Å². The molecule has 0 bridgehead atoms. The molecule has 0 fully saturated rings. The van der Waals surface area contributed by atoms with Crippen molar-refractivity contribution < 1.29 is 4.74 Å². The van der Waals surface area contributed by atoms with E-state index in [9.17, 15) is 0 Å². The summed E-state index contributed by atoms with van der Waals surface area (Å²) in [7, 11) is 0. The predicted octanol–water partition coefficient (Wildman–Crippen LogP) is 3.97. The smallest absolute Gasteiger partial charge is 0.119 e. The number of benzene rings is 1. The zero-order chi connectivity index (χ0) is 13.7. The molecule has 19 heavy (non-hydrogen) atoms. The van der Waals surface area contributed by atoms with Crippen LogP contribution in [-0.4, -0.2) is 17.6 Å². The molecule has 1 N–H and O–H groups in total. The molecule has 0 amide bonds. The van der Waals surface area contributed by atoms with Gasteiger partial charge in [0.25, 0.3) is 0 Å². The van der Waals surface area contributed by atoms with Crippen molar-refractivity contribution in [3.8, 4) is 17.0 Å². The van der Waals surface area contributed by atoms with Crippen molar-refractivity contribution in [1.29, 1.82) is 0 Å². The summed E-state index contributed by atoms with van der Waals surface area (Å²) in [4.78, 5) is 4.40. The van der Waals surface area contributed by atoms with E-state index in [0.29, 0.717) is 0 Å². The van der Waals surface area contributed by atoms with Crippen molar-refractivity contribution in [3.05, 3.63) is 42.6 Å². The second kappa shape index (κ2) is 6.23. The quantitative estimate of drug-likeness (QED) is 0.879. The Bertz CT molecular complexity index is 521. The standard InChI is InChI=1S/C16H20N2O/c1-4-17-14-9-10-18-16(11-14)13-5-7-15(8-6-13)19-12(2)3/h5-12H,4H2,1-3H3,(H,17,18). The van der Waals surface area contributed by atoms with E-state index < -0.39 is 0 Å². The van der Waals surface area contributed by atoms with Crippen molar-refractivity contribution in [1.82, 2.24) is 4.98 Å². The molecular weight excluding hydrogens is 236 g/mol. The topological polar surface area (TPSA) is 34.2 Å². The summed E-state index contributed by atoms with van der Waals surface area (Å²) in [6, 6.07) is 12.1. The summed E-state index contributed by atoms with van der Waals surface area (Å²) < 4.78 is 5.63. The lowest BCUT2D eigenvalue weighted by molar-refractivity contribution is 0.242. The summed E-state index contributed by atoms with van der Waals surface area (Å²) in [6.45, 7) is 7.04. The molecule has 0 atom stereocenters. The van der Waals surface area contributed by atoms with Crippen LogP contribution in [0, 0.1) is 0 Å². The van der Waals surface area contributed by atoms with Gasteiger partial charge in [-0.25, -0.2) is 0 Å². The highest BCUT2D eigenvalue weighted by atomic mass is 16.5. The van der Waals surface area contributed by atoms with Gasteiger partial charge >= 0.3 is 0 Å². The van der Waals surface area contributed by atoms with Crippen molar-refractivity contribution >= 4 is 5.69 Å². The molecule has 3 heteroatoms. The van der Waals surface area contributed by atoms with Crippen LogP contribution in [0.15, 0.2) is 42.6 Å². The first kappa shape index (κ1) is 13.4. The summed E-state index contributed by atoms with van der Waals surface area (Å²) in [6.07, 6.45) is 2.02. The molecule has 0 unspecified atom stereocenters. The Labute approximate surface area is 114 Å². The molecule has 0 saturated carbocycles. The van der Waals surface area contributed by atoms with E-state index >= 15 is 0 Å². The fourth-order valence-electron chi connectivity index (χ4n) is 1.88. The van der Waals surface area contributed by atoms with Gasteiger partial charge in [-0.2, -0.15) is 0 Å². The lowest BCUT2D eigenvalue weighted by Gasteiger charge is -2.10. The molecule has 3 nitrogen and oxygen atoms in total. The van der Waals surface area contributed by atoms with Gasteiger partial charge < -0.3 is 10.1 Å². The lowest BCUT2D eigenvalue weighted by atomic mass is 10.1. The van der Waals surface area contributed by atoms with Gasteiger partial charge in [0.2, 0.25) is 0 Å². The molecule has 1 aromatic carbocycles. The minimum Gasteiger partial charge on any atom is -0.491 e. The second-order valence-electron chi connectivity index (χ2n) is 4.65. The van der Waals surface area contributed by atoms with E-state index in [4.69, 9.17) is 4.74 Å². The van der Waals surface area contributed by atoms with Crippen molar-refractivity contribution in [2.24, 2.45) is 0 Å². The van der Waals surface area contributed by atoms with Gasteiger partial charge in [-0.15, -0.1) is 0 Å². The second-order valence-corrected chi connectivity index (χ2v) is 4.65. The van der Waals surface area contributed by atoms with Gasteiger partial charge in [-0.05, 0) is 57.2 Å². The molecule has 100 valence electrons. The average Bonchev–Trinajstić information content (AvgIpc) is 2.40. The van der Waals surface area contributed by atoms with Crippen molar-refractivity contribution in [2.45, 2.75) is 26.9 Å². The highest BCUT2D eigenvalue weighted by Crippen LogP contribution is 2.23. The zero-order valence-corrected chi connectivity index (χ0v) is 11.7. The number of aromatic nitrogens is 1. The minimum absolute atomic E-state index is 0.195. The number of rotatable bonds is 5. The number of pyridine rings is 1. The zero-order valence-electron chi connectivity index (χ0n) is 11.7. The summed E-state index contributed by atoms with van der Waals surface area (Å²) in [5.41, 5.74) is 3.15. The molecule has 2 rings (SSSR count). The minimum atomic E-state index is 0.195. The van der Waals surface area contributed by atoms with Crippen LogP contribution >= 0.6 is 0 Å². The van der Waals surface area contributed by atoms with Crippen LogP contribution in [0.3, 0.4) is 0 Å². The largest absolute Gasteiger partial charge is 0.491 e. The van der Waals surface area contributed by atoms with Crippen LogP contribution in [0.25, 0.3) is 11.3 Å². The highest BCUT2D eigenvalue weighted by Gasteiger charge is 2.02. The number of nitrogens with one attached hydrogen (secondary N) is 1. The Morgan fingerprint density at radius 1 is 1.16 bits per heavy atom. The summed E-state index contributed by atoms with van der Waals surface area (Å²) in [5, 5.41) is 3.29. The maximum Gasteiger partial charge on any atom is 0.119 e. The molecule has 1 heterocycles. The summed E-state index contributed by atoms with van der Waals surface area (Å²) in [5.74, 6) is 0.890. The van der Waals surface area contributed by atoms with Crippen molar-refractivity contribution in [2.75, 3.05) is 11.9 Å².